The van der Waals surface area contributed by atoms with Gasteiger partial charge in [-0.05, 0) is 25.0 Å². The summed E-state index contributed by atoms with van der Waals surface area (Å²) < 4.78 is 10.7. The summed E-state index contributed by atoms with van der Waals surface area (Å²) in [5, 5.41) is 0. The lowest BCUT2D eigenvalue weighted by Gasteiger charge is -2.10. The van der Waals surface area contributed by atoms with Gasteiger partial charge in [-0.2, -0.15) is 0 Å². The first-order chi connectivity index (χ1) is 18.6. The molecule has 0 aliphatic rings. The van der Waals surface area contributed by atoms with E-state index in [-0.39, 0.29) is 0 Å². The number of rotatable bonds is 23. The first kappa shape index (κ1) is 36.2. The van der Waals surface area contributed by atoms with Crippen LogP contribution in [0.5, 0.6) is 0 Å². The number of hydrogen-bond donors (Lipinski definition) is 0. The van der Waals surface area contributed by atoms with Gasteiger partial charge in [-0.3, -0.25) is 0 Å². The van der Waals surface area contributed by atoms with Gasteiger partial charge in [0.15, 0.2) is 0 Å². The summed E-state index contributed by atoms with van der Waals surface area (Å²) in [7, 11) is 0. The molecule has 38 heavy (non-hydrogen) atoms. The predicted molar refractivity (Wildman–Crippen MR) is 162 cm³/mol. The molecule has 4 heteroatoms. The van der Waals surface area contributed by atoms with E-state index in [0.717, 1.165) is 25.7 Å². The van der Waals surface area contributed by atoms with E-state index < -0.39 is 11.9 Å². The summed E-state index contributed by atoms with van der Waals surface area (Å²) in [6.45, 7) is 9.71. The van der Waals surface area contributed by atoms with Gasteiger partial charge in [-0.1, -0.05) is 155 Å². The number of carbonyl (C=O) groups excluding carboxylic acids is 2. The molecular formula is C34H60O4. The van der Waals surface area contributed by atoms with Crippen molar-refractivity contribution in [3.8, 4) is 0 Å². The second-order valence-electron chi connectivity index (χ2n) is 10.5. The van der Waals surface area contributed by atoms with Crippen LogP contribution in [0.15, 0.2) is 24.3 Å². The zero-order valence-corrected chi connectivity index (χ0v) is 25.5. The molecule has 0 amide bonds. The highest BCUT2D eigenvalue weighted by molar-refractivity contribution is 6.03. The maximum absolute atomic E-state index is 12.4. The van der Waals surface area contributed by atoms with E-state index in [1.165, 1.54) is 103 Å². The van der Waals surface area contributed by atoms with Crippen LogP contribution in [-0.2, 0) is 9.47 Å². The number of carbonyl (C=O) groups is 2. The SMILES string of the molecule is CCCCCCCCCC.CCCCCCCCOC(=O)c1ccccc1C(=O)OCCCCCCCC. The van der Waals surface area contributed by atoms with Crippen LogP contribution >= 0.6 is 0 Å². The fourth-order valence-electron chi connectivity index (χ4n) is 4.30. The topological polar surface area (TPSA) is 52.6 Å². The van der Waals surface area contributed by atoms with Gasteiger partial charge in [-0.25, -0.2) is 9.59 Å². The second-order valence-corrected chi connectivity index (χ2v) is 10.5. The molecule has 0 bridgehead atoms. The van der Waals surface area contributed by atoms with E-state index in [0.29, 0.717) is 24.3 Å². The molecule has 0 unspecified atom stereocenters. The minimum absolute atomic E-state index is 0.293. The van der Waals surface area contributed by atoms with E-state index >= 15 is 0 Å². The van der Waals surface area contributed by atoms with Crippen LogP contribution in [0.3, 0.4) is 0 Å². The Bertz CT molecular complexity index is 613. The van der Waals surface area contributed by atoms with Gasteiger partial charge in [0.25, 0.3) is 0 Å². The Morgan fingerprint density at radius 1 is 0.447 bits per heavy atom. The maximum Gasteiger partial charge on any atom is 0.339 e. The third kappa shape index (κ3) is 21.1. The quantitative estimate of drug-likeness (QED) is 0.104. The Morgan fingerprint density at radius 2 is 0.711 bits per heavy atom. The van der Waals surface area contributed by atoms with E-state index in [4.69, 9.17) is 9.47 Å². The molecule has 0 N–H and O–H groups in total. The minimum Gasteiger partial charge on any atom is -0.462 e. The number of esters is 2. The van der Waals surface area contributed by atoms with Crippen molar-refractivity contribution in [3.63, 3.8) is 0 Å². The van der Waals surface area contributed by atoms with Gasteiger partial charge in [0.05, 0.1) is 24.3 Å². The van der Waals surface area contributed by atoms with Gasteiger partial charge in [0.2, 0.25) is 0 Å². The molecule has 0 radical (unpaired) electrons. The molecule has 0 aliphatic carbocycles. The van der Waals surface area contributed by atoms with Gasteiger partial charge >= 0.3 is 11.9 Å². The molecule has 0 aromatic heterocycles. The molecule has 220 valence electrons. The zero-order valence-electron chi connectivity index (χ0n) is 25.5. The lowest BCUT2D eigenvalue weighted by Crippen LogP contribution is -2.15. The fourth-order valence-corrected chi connectivity index (χ4v) is 4.30. The van der Waals surface area contributed by atoms with Gasteiger partial charge < -0.3 is 9.47 Å². The highest BCUT2D eigenvalue weighted by Gasteiger charge is 2.18. The van der Waals surface area contributed by atoms with Crippen molar-refractivity contribution >= 4 is 11.9 Å². The number of hydrogen-bond acceptors (Lipinski definition) is 4. The van der Waals surface area contributed by atoms with Crippen LogP contribution in [0.2, 0.25) is 0 Å². The molecule has 0 atom stereocenters. The average molecular weight is 533 g/mol. The molecule has 1 aromatic carbocycles. The van der Waals surface area contributed by atoms with E-state index in [9.17, 15) is 9.59 Å². The van der Waals surface area contributed by atoms with E-state index in [1.54, 1.807) is 24.3 Å². The lowest BCUT2D eigenvalue weighted by atomic mass is 10.1. The van der Waals surface area contributed by atoms with Crippen molar-refractivity contribution in [3.05, 3.63) is 35.4 Å². The fraction of sp³-hybridized carbons (Fsp3) is 0.765. The summed E-state index contributed by atoms with van der Waals surface area (Å²) in [5.41, 5.74) is 0.586. The highest BCUT2D eigenvalue weighted by atomic mass is 16.5. The van der Waals surface area contributed by atoms with Crippen molar-refractivity contribution in [2.24, 2.45) is 0 Å². The number of ether oxygens (including phenoxy) is 2. The zero-order chi connectivity index (χ0) is 28.1. The Labute approximate surface area is 235 Å². The Morgan fingerprint density at radius 3 is 1.00 bits per heavy atom. The maximum atomic E-state index is 12.4. The van der Waals surface area contributed by atoms with E-state index in [1.807, 2.05) is 0 Å². The largest absolute Gasteiger partial charge is 0.462 e. The summed E-state index contributed by atoms with van der Waals surface area (Å²) in [4.78, 5) is 24.7. The molecular weight excluding hydrogens is 472 g/mol. The first-order valence-electron chi connectivity index (χ1n) is 16.0. The van der Waals surface area contributed by atoms with Crippen molar-refractivity contribution in [2.45, 2.75) is 156 Å². The van der Waals surface area contributed by atoms with Gasteiger partial charge in [0.1, 0.15) is 0 Å². The minimum atomic E-state index is -0.444. The van der Waals surface area contributed by atoms with Crippen LogP contribution in [0.4, 0.5) is 0 Å². The molecule has 0 aliphatic heterocycles. The molecule has 0 saturated heterocycles. The molecule has 0 heterocycles. The highest BCUT2D eigenvalue weighted by Crippen LogP contribution is 2.14. The van der Waals surface area contributed by atoms with Crippen LogP contribution < -0.4 is 0 Å². The third-order valence-corrected chi connectivity index (χ3v) is 6.79. The van der Waals surface area contributed by atoms with Crippen LogP contribution in [-0.4, -0.2) is 25.2 Å². The lowest BCUT2D eigenvalue weighted by molar-refractivity contribution is 0.0450. The molecule has 1 aromatic rings. The van der Waals surface area contributed by atoms with Gasteiger partial charge in [0, 0.05) is 0 Å². The van der Waals surface area contributed by atoms with Crippen LogP contribution in [0.25, 0.3) is 0 Å². The standard InChI is InChI=1S/C24H38O4.C10H22/c1-3-5-7-9-11-15-19-27-23(25)21-17-13-14-18-22(21)24(26)28-20-16-12-10-8-6-4-2;1-3-5-7-9-10-8-6-4-2/h13-14,17-18H,3-12,15-16,19-20H2,1-2H3;3-10H2,1-2H3. The molecule has 1 rings (SSSR count). The Hall–Kier alpha value is -1.84. The van der Waals surface area contributed by atoms with Crippen LogP contribution in [0, 0.1) is 0 Å². The normalized spacial score (nSPS) is 10.5. The van der Waals surface area contributed by atoms with Crippen molar-refractivity contribution in [1.82, 2.24) is 0 Å². The van der Waals surface area contributed by atoms with Crippen molar-refractivity contribution < 1.29 is 19.1 Å². The molecule has 4 nitrogen and oxygen atoms in total. The first-order valence-corrected chi connectivity index (χ1v) is 16.0. The monoisotopic (exact) mass is 532 g/mol. The number of benzene rings is 1. The van der Waals surface area contributed by atoms with Crippen molar-refractivity contribution in [1.29, 1.82) is 0 Å². The third-order valence-electron chi connectivity index (χ3n) is 6.79. The summed E-state index contributed by atoms with van der Waals surface area (Å²) >= 11 is 0. The average Bonchev–Trinajstić information content (AvgIpc) is 2.94. The molecule has 0 spiro atoms. The summed E-state index contributed by atoms with van der Waals surface area (Å²) in [6.07, 6.45) is 25.1. The van der Waals surface area contributed by atoms with E-state index in [2.05, 4.69) is 27.7 Å². The molecule has 0 fully saturated rings. The van der Waals surface area contributed by atoms with Crippen LogP contribution in [0.1, 0.15) is 177 Å². The smallest absolute Gasteiger partial charge is 0.339 e. The predicted octanol–water partition coefficient (Wildman–Crippen LogP) is 10.9. The Balaban J connectivity index is 0.00000115. The molecule has 0 saturated carbocycles. The van der Waals surface area contributed by atoms with Gasteiger partial charge in [-0.15, -0.1) is 0 Å². The Kier molecular flexibility index (Phi) is 26.8. The summed E-state index contributed by atoms with van der Waals surface area (Å²) in [5.74, 6) is -0.888. The van der Waals surface area contributed by atoms with Crippen molar-refractivity contribution in [2.75, 3.05) is 13.2 Å². The second kappa shape index (κ2) is 28.2. The summed E-state index contributed by atoms with van der Waals surface area (Å²) in [6, 6.07) is 6.74. The number of unbranched alkanes of at least 4 members (excludes halogenated alkanes) is 17.